The minimum atomic E-state index is -4.56. The first-order valence-corrected chi connectivity index (χ1v) is 7.84. The highest BCUT2D eigenvalue weighted by Crippen LogP contribution is 2.35. The molecule has 3 rings (SSSR count). The third-order valence-electron chi connectivity index (χ3n) is 3.88. The van der Waals surface area contributed by atoms with Crippen molar-refractivity contribution in [3.8, 4) is 5.75 Å². The van der Waals surface area contributed by atoms with Crippen molar-refractivity contribution in [2.45, 2.75) is 18.6 Å². The maximum atomic E-state index is 12.8. The number of hydrogen-bond donors (Lipinski definition) is 2. The van der Waals surface area contributed by atoms with Gasteiger partial charge in [-0.1, -0.05) is 11.6 Å². The highest BCUT2D eigenvalue weighted by Gasteiger charge is 2.40. The molecule has 2 amide bonds. The van der Waals surface area contributed by atoms with Gasteiger partial charge in [0.2, 0.25) is 5.91 Å². The molecule has 1 aliphatic rings. The van der Waals surface area contributed by atoms with Gasteiger partial charge < -0.3 is 10.4 Å². The van der Waals surface area contributed by atoms with Crippen LogP contribution in [0.4, 0.5) is 24.5 Å². The van der Waals surface area contributed by atoms with Crippen LogP contribution in [0.15, 0.2) is 42.5 Å². The average molecular weight is 385 g/mol. The molecule has 0 radical (unpaired) electrons. The van der Waals surface area contributed by atoms with Crippen molar-refractivity contribution in [2.75, 3.05) is 10.2 Å². The summed E-state index contributed by atoms with van der Waals surface area (Å²) >= 11 is 5.91. The number of aromatic hydroxyl groups is 1. The number of rotatable bonds is 3. The standard InChI is InChI=1S/C17H12ClF3N2O3/c18-12-6-1-9(17(19,20)21)7-13(12)22-14-8-15(25)23(16(14)26)10-2-4-11(24)5-3-10/h1-7,14,22,24H,8H2. The van der Waals surface area contributed by atoms with Crippen LogP contribution in [-0.2, 0) is 15.8 Å². The van der Waals surface area contributed by atoms with E-state index in [-0.39, 0.29) is 28.6 Å². The lowest BCUT2D eigenvalue weighted by molar-refractivity contribution is -0.137. The number of benzene rings is 2. The summed E-state index contributed by atoms with van der Waals surface area (Å²) in [5, 5.41) is 11.9. The third kappa shape index (κ3) is 3.45. The van der Waals surface area contributed by atoms with Crippen molar-refractivity contribution in [2.24, 2.45) is 0 Å². The quantitative estimate of drug-likeness (QED) is 0.790. The minimum Gasteiger partial charge on any atom is -0.508 e. The molecule has 1 fully saturated rings. The van der Waals surface area contributed by atoms with Crippen molar-refractivity contribution < 1.29 is 27.9 Å². The van der Waals surface area contributed by atoms with E-state index in [0.29, 0.717) is 0 Å². The fraction of sp³-hybridized carbons (Fsp3) is 0.176. The van der Waals surface area contributed by atoms with Crippen molar-refractivity contribution in [1.29, 1.82) is 0 Å². The lowest BCUT2D eigenvalue weighted by Gasteiger charge is -2.17. The van der Waals surface area contributed by atoms with Gasteiger partial charge in [-0.2, -0.15) is 13.2 Å². The van der Waals surface area contributed by atoms with Gasteiger partial charge in [0.25, 0.3) is 5.91 Å². The first-order chi connectivity index (χ1) is 12.2. The molecule has 0 aromatic heterocycles. The van der Waals surface area contributed by atoms with E-state index in [0.717, 1.165) is 23.1 Å². The molecular weight excluding hydrogens is 373 g/mol. The number of carbonyl (C=O) groups is 2. The smallest absolute Gasteiger partial charge is 0.416 e. The number of imide groups is 1. The van der Waals surface area contributed by atoms with Crippen molar-refractivity contribution >= 4 is 34.8 Å². The Morgan fingerprint density at radius 1 is 1.12 bits per heavy atom. The Morgan fingerprint density at radius 2 is 1.77 bits per heavy atom. The first kappa shape index (κ1) is 18.1. The molecule has 2 aromatic carbocycles. The molecular formula is C17H12ClF3N2O3. The lowest BCUT2D eigenvalue weighted by atomic mass is 10.1. The van der Waals surface area contributed by atoms with Crippen molar-refractivity contribution in [1.82, 2.24) is 0 Å². The normalized spacial score (nSPS) is 17.7. The molecule has 1 heterocycles. The van der Waals surface area contributed by atoms with E-state index in [1.165, 1.54) is 24.3 Å². The maximum absolute atomic E-state index is 12.8. The highest BCUT2D eigenvalue weighted by atomic mass is 35.5. The van der Waals surface area contributed by atoms with Gasteiger partial charge in [0.1, 0.15) is 11.8 Å². The molecule has 2 aromatic rings. The van der Waals surface area contributed by atoms with Gasteiger partial charge in [0.05, 0.1) is 28.4 Å². The molecule has 2 N–H and O–H groups in total. The summed E-state index contributed by atoms with van der Waals surface area (Å²) in [4.78, 5) is 25.6. The summed E-state index contributed by atoms with van der Waals surface area (Å²) in [6.45, 7) is 0. The van der Waals surface area contributed by atoms with Crippen LogP contribution in [0.5, 0.6) is 5.75 Å². The molecule has 0 spiro atoms. The monoisotopic (exact) mass is 384 g/mol. The second kappa shape index (κ2) is 6.53. The number of nitrogens with one attached hydrogen (secondary N) is 1. The summed E-state index contributed by atoms with van der Waals surface area (Å²) < 4.78 is 38.5. The minimum absolute atomic E-state index is 0.00123. The summed E-state index contributed by atoms with van der Waals surface area (Å²) in [6.07, 6.45) is -4.79. The molecule has 136 valence electrons. The van der Waals surface area contributed by atoms with E-state index in [9.17, 15) is 27.9 Å². The van der Waals surface area contributed by atoms with Gasteiger partial charge in [-0.3, -0.25) is 9.59 Å². The van der Waals surface area contributed by atoms with Crippen LogP contribution in [0.2, 0.25) is 5.02 Å². The number of alkyl halides is 3. The molecule has 9 heteroatoms. The van der Waals surface area contributed by atoms with Gasteiger partial charge >= 0.3 is 6.18 Å². The van der Waals surface area contributed by atoms with Crippen molar-refractivity contribution in [3.05, 3.63) is 53.1 Å². The molecule has 1 unspecified atom stereocenters. The second-order valence-electron chi connectivity index (χ2n) is 5.68. The summed E-state index contributed by atoms with van der Waals surface area (Å²) in [5.41, 5.74) is -0.742. The molecule has 1 atom stereocenters. The van der Waals surface area contributed by atoms with E-state index in [4.69, 9.17) is 11.6 Å². The Balaban J connectivity index is 1.85. The van der Waals surface area contributed by atoms with Gasteiger partial charge in [0.15, 0.2) is 0 Å². The van der Waals surface area contributed by atoms with E-state index >= 15 is 0 Å². The lowest BCUT2D eigenvalue weighted by Crippen LogP contribution is -2.34. The third-order valence-corrected chi connectivity index (χ3v) is 4.21. The average Bonchev–Trinajstić information content (AvgIpc) is 2.83. The Hall–Kier alpha value is -2.74. The van der Waals surface area contributed by atoms with Crippen LogP contribution >= 0.6 is 11.6 Å². The number of halogens is 4. The topological polar surface area (TPSA) is 69.6 Å². The van der Waals surface area contributed by atoms with E-state index in [1.807, 2.05) is 0 Å². The summed E-state index contributed by atoms with van der Waals surface area (Å²) in [7, 11) is 0. The Kier molecular flexibility index (Phi) is 4.53. The molecule has 26 heavy (non-hydrogen) atoms. The zero-order chi connectivity index (χ0) is 19.1. The number of amides is 2. The van der Waals surface area contributed by atoms with Gasteiger partial charge in [0, 0.05) is 0 Å². The highest BCUT2D eigenvalue weighted by molar-refractivity contribution is 6.33. The van der Waals surface area contributed by atoms with Gasteiger partial charge in [-0.25, -0.2) is 4.90 Å². The van der Waals surface area contributed by atoms with Crippen LogP contribution in [-0.4, -0.2) is 23.0 Å². The van der Waals surface area contributed by atoms with Crippen molar-refractivity contribution in [3.63, 3.8) is 0 Å². The van der Waals surface area contributed by atoms with Gasteiger partial charge in [-0.15, -0.1) is 0 Å². The maximum Gasteiger partial charge on any atom is 0.416 e. The fourth-order valence-electron chi connectivity index (χ4n) is 2.62. The van der Waals surface area contributed by atoms with Crippen LogP contribution in [0.3, 0.4) is 0 Å². The number of carbonyl (C=O) groups excluding carboxylic acids is 2. The largest absolute Gasteiger partial charge is 0.508 e. The Morgan fingerprint density at radius 3 is 2.38 bits per heavy atom. The Bertz CT molecular complexity index is 869. The molecule has 0 bridgehead atoms. The molecule has 1 aliphatic heterocycles. The number of nitrogens with zero attached hydrogens (tertiary/aromatic N) is 1. The van der Waals surface area contributed by atoms with E-state index in [1.54, 1.807) is 0 Å². The fourth-order valence-corrected chi connectivity index (χ4v) is 2.79. The molecule has 0 saturated carbocycles. The summed E-state index contributed by atoms with van der Waals surface area (Å²) in [5.74, 6) is -1.16. The SMILES string of the molecule is O=C1CC(Nc2cc(C(F)(F)F)ccc2Cl)C(=O)N1c1ccc(O)cc1. The Labute approximate surface area is 151 Å². The second-order valence-corrected chi connectivity index (χ2v) is 6.08. The van der Waals surface area contributed by atoms with E-state index in [2.05, 4.69) is 5.32 Å². The number of hydrogen-bond acceptors (Lipinski definition) is 4. The predicted octanol–water partition coefficient (Wildman–Crippen LogP) is 3.81. The molecule has 0 aliphatic carbocycles. The van der Waals surface area contributed by atoms with E-state index < -0.39 is 29.6 Å². The van der Waals surface area contributed by atoms with Crippen LogP contribution in [0.1, 0.15) is 12.0 Å². The number of anilines is 2. The van der Waals surface area contributed by atoms with Crippen LogP contribution < -0.4 is 10.2 Å². The zero-order valence-electron chi connectivity index (χ0n) is 13.0. The predicted molar refractivity (Wildman–Crippen MR) is 89.1 cm³/mol. The molecule has 5 nitrogen and oxygen atoms in total. The van der Waals surface area contributed by atoms with Gasteiger partial charge in [-0.05, 0) is 42.5 Å². The molecule has 1 saturated heterocycles. The van der Waals surface area contributed by atoms with Crippen LogP contribution in [0.25, 0.3) is 0 Å². The van der Waals surface area contributed by atoms with Crippen LogP contribution in [0, 0.1) is 0 Å². The summed E-state index contributed by atoms with van der Waals surface area (Å²) in [6, 6.07) is 7.08. The zero-order valence-corrected chi connectivity index (χ0v) is 13.8. The first-order valence-electron chi connectivity index (χ1n) is 7.46. The number of phenolic OH excluding ortho intramolecular Hbond substituents is 1. The number of phenols is 1.